The summed E-state index contributed by atoms with van der Waals surface area (Å²) in [5, 5.41) is 3.36. The highest BCUT2D eigenvalue weighted by molar-refractivity contribution is 7.91. The number of sulfone groups is 1. The summed E-state index contributed by atoms with van der Waals surface area (Å²) in [6.07, 6.45) is 0.494. The van der Waals surface area contributed by atoms with Crippen molar-refractivity contribution in [2.45, 2.75) is 32.4 Å². The van der Waals surface area contributed by atoms with Crippen LogP contribution >= 0.6 is 12.4 Å². The summed E-state index contributed by atoms with van der Waals surface area (Å²) in [6.45, 7) is 5.45. The lowest BCUT2D eigenvalue weighted by Crippen LogP contribution is -2.57. The minimum atomic E-state index is -2.97. The van der Waals surface area contributed by atoms with Gasteiger partial charge >= 0.3 is 0 Å². The third-order valence-corrected chi connectivity index (χ3v) is 5.22. The van der Waals surface area contributed by atoms with Crippen LogP contribution in [-0.4, -0.2) is 55.9 Å². The monoisotopic (exact) mass is 296 g/mol. The first-order valence-corrected chi connectivity index (χ1v) is 7.95. The fourth-order valence-electron chi connectivity index (χ4n) is 2.75. The zero-order valence-corrected chi connectivity index (χ0v) is 12.4. The van der Waals surface area contributed by atoms with Crippen molar-refractivity contribution in [2.75, 3.05) is 24.6 Å². The van der Waals surface area contributed by atoms with E-state index in [4.69, 9.17) is 0 Å². The number of piperazine rings is 1. The molecule has 3 unspecified atom stereocenters. The van der Waals surface area contributed by atoms with Gasteiger partial charge in [-0.2, -0.15) is 0 Å². The molecule has 106 valence electrons. The second-order valence-corrected chi connectivity index (χ2v) is 7.54. The molecule has 2 heterocycles. The standard InChI is InChI=1S/C11H20N2O3S.ClH/c1-8-5-13(6-9(2)12-8)11(14)10-3-4-17(15,16)7-10;/h8-10,12H,3-7H2,1-2H3;1H. The van der Waals surface area contributed by atoms with Crippen molar-refractivity contribution in [1.29, 1.82) is 0 Å². The molecule has 0 aromatic rings. The van der Waals surface area contributed by atoms with Gasteiger partial charge in [0.1, 0.15) is 0 Å². The van der Waals surface area contributed by atoms with Crippen LogP contribution in [0.1, 0.15) is 20.3 Å². The van der Waals surface area contributed by atoms with Gasteiger partial charge in [0.05, 0.1) is 17.4 Å². The fourth-order valence-corrected chi connectivity index (χ4v) is 4.49. The average Bonchev–Trinajstić information content (AvgIpc) is 2.56. The number of rotatable bonds is 1. The van der Waals surface area contributed by atoms with Gasteiger partial charge in [-0.25, -0.2) is 8.42 Å². The maximum Gasteiger partial charge on any atom is 0.226 e. The van der Waals surface area contributed by atoms with Crippen LogP contribution in [0, 0.1) is 5.92 Å². The Labute approximate surface area is 115 Å². The van der Waals surface area contributed by atoms with Crippen LogP contribution in [-0.2, 0) is 14.6 Å². The highest BCUT2D eigenvalue weighted by atomic mass is 35.5. The molecule has 5 nitrogen and oxygen atoms in total. The zero-order chi connectivity index (χ0) is 12.6. The molecule has 1 amide bonds. The lowest BCUT2D eigenvalue weighted by Gasteiger charge is -2.37. The highest BCUT2D eigenvalue weighted by Gasteiger charge is 2.37. The average molecular weight is 297 g/mol. The van der Waals surface area contributed by atoms with Crippen molar-refractivity contribution >= 4 is 28.2 Å². The van der Waals surface area contributed by atoms with Crippen LogP contribution in [0.2, 0.25) is 0 Å². The fraction of sp³-hybridized carbons (Fsp3) is 0.909. The normalized spacial score (nSPS) is 35.0. The first-order chi connectivity index (χ1) is 7.87. The van der Waals surface area contributed by atoms with Gasteiger partial charge in [-0.05, 0) is 20.3 Å². The van der Waals surface area contributed by atoms with Crippen LogP contribution in [0.5, 0.6) is 0 Å². The quantitative estimate of drug-likeness (QED) is 0.743. The third-order valence-electron chi connectivity index (χ3n) is 3.45. The number of carbonyl (C=O) groups is 1. The van der Waals surface area contributed by atoms with Gasteiger partial charge in [0.25, 0.3) is 0 Å². The SMILES string of the molecule is CC1CN(C(=O)C2CCS(=O)(=O)C2)CC(C)N1.Cl. The molecule has 2 saturated heterocycles. The molecule has 0 radical (unpaired) electrons. The van der Waals surface area contributed by atoms with Crippen molar-refractivity contribution in [3.8, 4) is 0 Å². The number of hydrogen-bond acceptors (Lipinski definition) is 4. The van der Waals surface area contributed by atoms with Crippen molar-refractivity contribution in [2.24, 2.45) is 5.92 Å². The van der Waals surface area contributed by atoms with Crippen LogP contribution in [0.15, 0.2) is 0 Å². The Kier molecular flexibility index (Phi) is 5.03. The van der Waals surface area contributed by atoms with Gasteiger partial charge in [0.15, 0.2) is 9.84 Å². The van der Waals surface area contributed by atoms with E-state index in [-0.39, 0.29) is 47.8 Å². The molecule has 2 aliphatic rings. The smallest absolute Gasteiger partial charge is 0.226 e. The predicted octanol–water partition coefficient (Wildman–Crippen LogP) is 0.0517. The molecule has 0 bridgehead atoms. The molecular weight excluding hydrogens is 276 g/mol. The molecule has 0 spiro atoms. The van der Waals surface area contributed by atoms with Gasteiger partial charge < -0.3 is 10.2 Å². The highest BCUT2D eigenvalue weighted by Crippen LogP contribution is 2.21. The Morgan fingerprint density at radius 2 is 1.78 bits per heavy atom. The lowest BCUT2D eigenvalue weighted by atomic mass is 10.0. The summed E-state index contributed by atoms with van der Waals surface area (Å²) < 4.78 is 22.7. The number of halogens is 1. The third kappa shape index (κ3) is 3.59. The molecule has 3 atom stereocenters. The summed E-state index contributed by atoms with van der Waals surface area (Å²) in [5.41, 5.74) is 0. The number of nitrogens with zero attached hydrogens (tertiary/aromatic N) is 1. The molecule has 0 aromatic heterocycles. The second-order valence-electron chi connectivity index (χ2n) is 5.31. The van der Waals surface area contributed by atoms with Gasteiger partial charge in [-0.1, -0.05) is 0 Å². The molecule has 0 aromatic carbocycles. The molecule has 7 heteroatoms. The van der Waals surface area contributed by atoms with Gasteiger partial charge in [-0.15, -0.1) is 12.4 Å². The number of amides is 1. The topological polar surface area (TPSA) is 66.5 Å². The Hall–Kier alpha value is -0.330. The van der Waals surface area contributed by atoms with Crippen molar-refractivity contribution in [3.63, 3.8) is 0 Å². The van der Waals surface area contributed by atoms with E-state index in [0.29, 0.717) is 19.5 Å². The second kappa shape index (κ2) is 5.75. The Morgan fingerprint density at radius 3 is 2.22 bits per heavy atom. The van der Waals surface area contributed by atoms with E-state index in [1.165, 1.54) is 0 Å². The van der Waals surface area contributed by atoms with E-state index in [0.717, 1.165) is 0 Å². The Balaban J connectivity index is 0.00000162. The van der Waals surface area contributed by atoms with E-state index in [2.05, 4.69) is 5.32 Å². The van der Waals surface area contributed by atoms with Crippen molar-refractivity contribution < 1.29 is 13.2 Å². The summed E-state index contributed by atoms with van der Waals surface area (Å²) in [5.74, 6) is -0.0807. The first kappa shape index (κ1) is 15.7. The van der Waals surface area contributed by atoms with E-state index < -0.39 is 9.84 Å². The van der Waals surface area contributed by atoms with E-state index in [9.17, 15) is 13.2 Å². The van der Waals surface area contributed by atoms with Gasteiger partial charge in [-0.3, -0.25) is 4.79 Å². The van der Waals surface area contributed by atoms with E-state index in [1.54, 1.807) is 0 Å². The van der Waals surface area contributed by atoms with Gasteiger partial charge in [0, 0.05) is 25.2 Å². The molecule has 18 heavy (non-hydrogen) atoms. The number of nitrogens with one attached hydrogen (secondary N) is 1. The van der Waals surface area contributed by atoms with Crippen molar-refractivity contribution in [1.82, 2.24) is 10.2 Å². The molecular formula is C11H21ClN2O3S. The van der Waals surface area contributed by atoms with Crippen LogP contribution in [0.3, 0.4) is 0 Å². The van der Waals surface area contributed by atoms with Crippen LogP contribution in [0.25, 0.3) is 0 Å². The maximum atomic E-state index is 12.2. The molecule has 0 aliphatic carbocycles. The number of hydrogen-bond donors (Lipinski definition) is 1. The molecule has 2 rings (SSSR count). The van der Waals surface area contributed by atoms with Crippen molar-refractivity contribution in [3.05, 3.63) is 0 Å². The van der Waals surface area contributed by atoms with Gasteiger partial charge in [0.2, 0.25) is 5.91 Å². The minimum Gasteiger partial charge on any atom is -0.339 e. The van der Waals surface area contributed by atoms with E-state index >= 15 is 0 Å². The zero-order valence-electron chi connectivity index (χ0n) is 10.8. The summed E-state index contributed by atoms with van der Waals surface area (Å²) >= 11 is 0. The molecule has 2 fully saturated rings. The Bertz CT molecular complexity index is 403. The lowest BCUT2D eigenvalue weighted by molar-refractivity contribution is -0.136. The molecule has 2 aliphatic heterocycles. The first-order valence-electron chi connectivity index (χ1n) is 6.12. The van der Waals surface area contributed by atoms with E-state index in [1.807, 2.05) is 18.7 Å². The largest absolute Gasteiger partial charge is 0.339 e. The predicted molar refractivity (Wildman–Crippen MR) is 72.6 cm³/mol. The Morgan fingerprint density at radius 1 is 1.22 bits per heavy atom. The van der Waals surface area contributed by atoms with Crippen LogP contribution < -0.4 is 5.32 Å². The summed E-state index contributed by atoms with van der Waals surface area (Å²) in [6, 6.07) is 0.557. The van der Waals surface area contributed by atoms with Crippen LogP contribution in [0.4, 0.5) is 0 Å². The molecule has 0 saturated carbocycles. The maximum absolute atomic E-state index is 12.2. The molecule has 1 N–H and O–H groups in total. The number of carbonyl (C=O) groups excluding carboxylic acids is 1. The minimum absolute atomic E-state index is 0. The summed E-state index contributed by atoms with van der Waals surface area (Å²) in [7, 11) is -2.97. The summed E-state index contributed by atoms with van der Waals surface area (Å²) in [4.78, 5) is 14.0.